The number of nitrogens with one attached hydrogen (secondary N) is 2. The van der Waals surface area contributed by atoms with Crippen LogP contribution in [0.15, 0.2) is 40.9 Å². The van der Waals surface area contributed by atoms with Crippen molar-refractivity contribution in [1.29, 1.82) is 0 Å². The van der Waals surface area contributed by atoms with E-state index in [9.17, 15) is 13.6 Å². The van der Waals surface area contributed by atoms with E-state index in [0.717, 1.165) is 36.9 Å². The standard InChI is InChI=1S/C25H28F2N4O4/c1-15-12-17(24(32)29-18-6-4-3-5-7-18)8-10-19(15)28-14-22-30-23(31-35-22)16-9-11-20(34-25(26)27)21(13-16)33-2/h8-13,18,25,28H,3-7,14H2,1-2H3,(H,29,32). The number of aromatic nitrogens is 2. The van der Waals surface area contributed by atoms with Crippen molar-refractivity contribution in [2.75, 3.05) is 12.4 Å². The maximum atomic E-state index is 12.6. The van der Waals surface area contributed by atoms with E-state index in [2.05, 4.69) is 25.5 Å². The first-order chi connectivity index (χ1) is 16.9. The van der Waals surface area contributed by atoms with Crippen LogP contribution in [0, 0.1) is 6.92 Å². The fraction of sp³-hybridized carbons (Fsp3) is 0.400. The molecular formula is C25H28F2N4O4. The molecular weight excluding hydrogens is 458 g/mol. The summed E-state index contributed by atoms with van der Waals surface area (Å²) >= 11 is 0. The maximum absolute atomic E-state index is 12.6. The molecule has 3 aromatic rings. The fourth-order valence-corrected chi connectivity index (χ4v) is 4.13. The number of methoxy groups -OCH3 is 1. The van der Waals surface area contributed by atoms with Crippen molar-refractivity contribution in [2.24, 2.45) is 0 Å². The third-order valence-electron chi connectivity index (χ3n) is 5.97. The highest BCUT2D eigenvalue weighted by Crippen LogP contribution is 2.32. The zero-order valence-electron chi connectivity index (χ0n) is 19.6. The van der Waals surface area contributed by atoms with Crippen LogP contribution in [0.5, 0.6) is 11.5 Å². The number of carbonyl (C=O) groups excluding carboxylic acids is 1. The van der Waals surface area contributed by atoms with E-state index in [1.54, 1.807) is 12.1 Å². The number of ether oxygens (including phenoxy) is 2. The van der Waals surface area contributed by atoms with Gasteiger partial charge >= 0.3 is 6.61 Å². The molecule has 1 heterocycles. The summed E-state index contributed by atoms with van der Waals surface area (Å²) in [4.78, 5) is 16.9. The second-order valence-electron chi connectivity index (χ2n) is 8.45. The van der Waals surface area contributed by atoms with E-state index >= 15 is 0 Å². The SMILES string of the molecule is COc1cc(-c2noc(CNc3ccc(C(=O)NC4CCCCC4)cc3C)n2)ccc1OC(F)F. The van der Waals surface area contributed by atoms with Crippen LogP contribution in [0.3, 0.4) is 0 Å². The van der Waals surface area contributed by atoms with Crippen LogP contribution in [-0.2, 0) is 6.54 Å². The minimum absolute atomic E-state index is 0.0477. The number of amides is 1. The Kier molecular flexibility index (Phi) is 7.79. The van der Waals surface area contributed by atoms with Gasteiger partial charge in [-0.25, -0.2) is 0 Å². The Bertz CT molecular complexity index is 1160. The predicted octanol–water partition coefficient (Wildman–Crippen LogP) is 5.33. The van der Waals surface area contributed by atoms with Gasteiger partial charge in [0.25, 0.3) is 5.91 Å². The molecule has 0 bridgehead atoms. The summed E-state index contributed by atoms with van der Waals surface area (Å²) in [5.41, 5.74) is 2.92. The molecule has 1 amide bonds. The van der Waals surface area contributed by atoms with E-state index < -0.39 is 6.61 Å². The highest BCUT2D eigenvalue weighted by molar-refractivity contribution is 5.95. The number of anilines is 1. The van der Waals surface area contributed by atoms with Crippen LogP contribution in [0.25, 0.3) is 11.4 Å². The monoisotopic (exact) mass is 486 g/mol. The lowest BCUT2D eigenvalue weighted by molar-refractivity contribution is -0.0512. The van der Waals surface area contributed by atoms with Crippen molar-refractivity contribution in [3.05, 3.63) is 53.4 Å². The summed E-state index contributed by atoms with van der Waals surface area (Å²) in [7, 11) is 1.36. The first kappa shape index (κ1) is 24.4. The molecule has 35 heavy (non-hydrogen) atoms. The number of aryl methyl sites for hydroxylation is 1. The van der Waals surface area contributed by atoms with Crippen LogP contribution in [-0.4, -0.2) is 35.8 Å². The first-order valence-corrected chi connectivity index (χ1v) is 11.5. The largest absolute Gasteiger partial charge is 0.493 e. The Morgan fingerprint density at radius 3 is 2.66 bits per heavy atom. The normalized spacial score (nSPS) is 14.1. The van der Waals surface area contributed by atoms with Crippen LogP contribution >= 0.6 is 0 Å². The van der Waals surface area contributed by atoms with E-state index in [1.165, 1.54) is 25.7 Å². The lowest BCUT2D eigenvalue weighted by Gasteiger charge is -2.23. The number of nitrogens with zero attached hydrogens (tertiary/aromatic N) is 2. The molecule has 10 heteroatoms. The lowest BCUT2D eigenvalue weighted by Crippen LogP contribution is -2.36. The second-order valence-corrected chi connectivity index (χ2v) is 8.45. The minimum Gasteiger partial charge on any atom is -0.493 e. The molecule has 1 aliphatic carbocycles. The van der Waals surface area contributed by atoms with Crippen LogP contribution in [0.1, 0.15) is 53.9 Å². The molecule has 0 saturated heterocycles. The number of hydrogen-bond donors (Lipinski definition) is 2. The summed E-state index contributed by atoms with van der Waals surface area (Å²) in [5.74, 6) is 0.632. The lowest BCUT2D eigenvalue weighted by atomic mass is 9.95. The minimum atomic E-state index is -2.96. The van der Waals surface area contributed by atoms with Crippen molar-refractivity contribution in [2.45, 2.75) is 58.2 Å². The highest BCUT2D eigenvalue weighted by Gasteiger charge is 2.18. The maximum Gasteiger partial charge on any atom is 0.387 e. The van der Waals surface area contributed by atoms with Crippen molar-refractivity contribution >= 4 is 11.6 Å². The van der Waals surface area contributed by atoms with Gasteiger partial charge < -0.3 is 24.6 Å². The van der Waals surface area contributed by atoms with Crippen LogP contribution in [0.2, 0.25) is 0 Å². The molecule has 2 N–H and O–H groups in total. The zero-order chi connectivity index (χ0) is 24.8. The molecule has 4 rings (SSSR count). The number of hydrogen-bond acceptors (Lipinski definition) is 7. The molecule has 0 radical (unpaired) electrons. The van der Waals surface area contributed by atoms with E-state index in [0.29, 0.717) is 17.0 Å². The van der Waals surface area contributed by atoms with Gasteiger partial charge in [-0.2, -0.15) is 13.8 Å². The Morgan fingerprint density at radius 2 is 1.94 bits per heavy atom. The Balaban J connectivity index is 1.37. The van der Waals surface area contributed by atoms with Gasteiger partial charge in [0.2, 0.25) is 11.7 Å². The fourth-order valence-electron chi connectivity index (χ4n) is 4.13. The molecule has 1 saturated carbocycles. The van der Waals surface area contributed by atoms with Crippen molar-refractivity contribution in [1.82, 2.24) is 15.5 Å². The summed E-state index contributed by atoms with van der Waals surface area (Å²) < 4.78 is 39.9. The smallest absolute Gasteiger partial charge is 0.387 e. The number of rotatable bonds is 9. The molecule has 1 aliphatic rings. The van der Waals surface area contributed by atoms with Gasteiger partial charge in [-0.3, -0.25) is 4.79 Å². The number of benzene rings is 2. The van der Waals surface area contributed by atoms with E-state index in [4.69, 9.17) is 9.26 Å². The van der Waals surface area contributed by atoms with Gasteiger partial charge in [0, 0.05) is 22.9 Å². The van der Waals surface area contributed by atoms with Crippen molar-refractivity contribution < 1.29 is 27.6 Å². The molecule has 1 fully saturated rings. The Hall–Kier alpha value is -3.69. The number of carbonyl (C=O) groups is 1. The number of alkyl halides is 2. The van der Waals surface area contributed by atoms with Crippen molar-refractivity contribution in [3.63, 3.8) is 0 Å². The van der Waals surface area contributed by atoms with E-state index in [-0.39, 0.29) is 35.8 Å². The van der Waals surface area contributed by atoms with Gasteiger partial charge in [0.15, 0.2) is 11.5 Å². The van der Waals surface area contributed by atoms with Gasteiger partial charge in [-0.05, 0) is 61.7 Å². The van der Waals surface area contributed by atoms with Gasteiger partial charge in [0.1, 0.15) is 0 Å². The second kappa shape index (κ2) is 11.2. The average molecular weight is 487 g/mol. The summed E-state index contributed by atoms with van der Waals surface area (Å²) in [5, 5.41) is 10.3. The molecule has 0 aliphatic heterocycles. The molecule has 1 aromatic heterocycles. The summed E-state index contributed by atoms with van der Waals surface area (Å²) in [6.45, 7) is -0.763. The van der Waals surface area contributed by atoms with Gasteiger partial charge in [-0.1, -0.05) is 24.4 Å². The molecule has 0 unspecified atom stereocenters. The zero-order valence-corrected chi connectivity index (χ0v) is 19.6. The molecule has 8 nitrogen and oxygen atoms in total. The summed E-state index contributed by atoms with van der Waals surface area (Å²) in [6, 6.07) is 10.2. The Morgan fingerprint density at radius 1 is 1.14 bits per heavy atom. The van der Waals surface area contributed by atoms with Crippen LogP contribution < -0.4 is 20.1 Å². The van der Waals surface area contributed by atoms with Crippen LogP contribution in [0.4, 0.5) is 14.5 Å². The first-order valence-electron chi connectivity index (χ1n) is 11.5. The van der Waals surface area contributed by atoms with Crippen molar-refractivity contribution in [3.8, 4) is 22.9 Å². The average Bonchev–Trinajstić information content (AvgIpc) is 3.33. The highest BCUT2D eigenvalue weighted by atomic mass is 19.3. The molecule has 186 valence electrons. The predicted molar refractivity (Wildman–Crippen MR) is 126 cm³/mol. The number of halogens is 2. The Labute approximate surface area is 202 Å². The third kappa shape index (κ3) is 6.26. The van der Waals surface area contributed by atoms with Gasteiger partial charge in [0.05, 0.1) is 13.7 Å². The molecule has 0 atom stereocenters. The quantitative estimate of drug-likeness (QED) is 0.422. The molecule has 2 aromatic carbocycles. The topological polar surface area (TPSA) is 98.5 Å². The summed E-state index contributed by atoms with van der Waals surface area (Å²) in [6.07, 6.45) is 5.64. The van der Waals surface area contributed by atoms with E-state index in [1.807, 2.05) is 19.1 Å². The third-order valence-corrected chi connectivity index (χ3v) is 5.97. The van der Waals surface area contributed by atoms with Gasteiger partial charge in [-0.15, -0.1) is 0 Å². The molecule has 0 spiro atoms.